The van der Waals surface area contributed by atoms with E-state index >= 15 is 0 Å². The van der Waals surface area contributed by atoms with E-state index in [-0.39, 0.29) is 6.10 Å². The quantitative estimate of drug-likeness (QED) is 0.188. The number of carbonyl (C=O) groups excluding carboxylic acids is 1. The Balaban J connectivity index is 1.48. The van der Waals surface area contributed by atoms with Crippen molar-refractivity contribution in [2.45, 2.75) is 52.2 Å². The maximum atomic E-state index is 13.7. The van der Waals surface area contributed by atoms with Crippen LogP contribution < -0.4 is 9.47 Å². The summed E-state index contributed by atoms with van der Waals surface area (Å²) in [5, 5.41) is 0. The van der Waals surface area contributed by atoms with E-state index in [2.05, 4.69) is 6.92 Å². The molecule has 1 aliphatic rings. The molecule has 1 atom stereocenters. The zero-order chi connectivity index (χ0) is 27.7. The average molecular weight is 538 g/mol. The van der Waals surface area contributed by atoms with Crippen molar-refractivity contribution >= 4 is 5.97 Å². The summed E-state index contributed by atoms with van der Waals surface area (Å²) < 4.78 is 23.8. The molecule has 3 aromatic carbocycles. The molecule has 206 valence electrons. The number of esters is 1. The summed E-state index contributed by atoms with van der Waals surface area (Å²) in [5.41, 5.74) is 4.86. The van der Waals surface area contributed by atoms with Crippen molar-refractivity contribution in [3.8, 4) is 17.2 Å². The maximum absolute atomic E-state index is 13.7. The molecule has 0 N–H and O–H groups in total. The summed E-state index contributed by atoms with van der Waals surface area (Å²) in [6, 6.07) is 27.6. The molecule has 0 radical (unpaired) electrons. The fraction of sp³-hybridized carbons (Fsp3) is 0.294. The molecule has 1 aliphatic heterocycles. The Bertz CT molecular complexity index is 1420. The van der Waals surface area contributed by atoms with Crippen molar-refractivity contribution in [3.05, 3.63) is 119 Å². The van der Waals surface area contributed by atoms with E-state index in [9.17, 15) is 4.79 Å². The molecule has 1 saturated heterocycles. The number of aryl methyl sites for hydroxylation is 1. The van der Waals surface area contributed by atoms with Gasteiger partial charge in [-0.25, -0.2) is 4.79 Å². The molecular formula is C34H35NO5. The third-order valence-corrected chi connectivity index (χ3v) is 6.89. The molecular weight excluding hydrogens is 502 g/mol. The zero-order valence-corrected chi connectivity index (χ0v) is 23.1. The van der Waals surface area contributed by atoms with Crippen molar-refractivity contribution in [1.29, 1.82) is 0 Å². The first-order valence-electron chi connectivity index (χ1n) is 13.9. The average Bonchev–Trinajstić information content (AvgIpc) is 3.48. The predicted octanol–water partition coefficient (Wildman–Crippen LogP) is 7.25. The number of para-hydroxylation sites is 1. The van der Waals surface area contributed by atoms with E-state index in [1.54, 1.807) is 0 Å². The number of benzene rings is 3. The Morgan fingerprint density at radius 3 is 2.38 bits per heavy atom. The molecule has 1 aromatic heterocycles. The first-order valence-corrected chi connectivity index (χ1v) is 13.9. The third kappa shape index (κ3) is 6.88. The van der Waals surface area contributed by atoms with Crippen molar-refractivity contribution in [3.63, 3.8) is 0 Å². The van der Waals surface area contributed by atoms with Crippen LogP contribution in [0.5, 0.6) is 17.2 Å². The normalized spacial score (nSPS) is 14.6. The van der Waals surface area contributed by atoms with Gasteiger partial charge in [-0.2, -0.15) is 0 Å². The first kappa shape index (κ1) is 27.4. The maximum Gasteiger partial charge on any atom is 0.342 e. The third-order valence-electron chi connectivity index (χ3n) is 6.89. The molecule has 0 spiro atoms. The Morgan fingerprint density at radius 2 is 1.65 bits per heavy atom. The highest BCUT2D eigenvalue weighted by atomic mass is 16.6. The highest BCUT2D eigenvalue weighted by Crippen LogP contribution is 2.33. The highest BCUT2D eigenvalue weighted by molar-refractivity contribution is 5.95. The molecule has 0 amide bonds. The summed E-state index contributed by atoms with van der Waals surface area (Å²) in [7, 11) is 0. The summed E-state index contributed by atoms with van der Waals surface area (Å²) >= 11 is 0. The Hall–Kier alpha value is -4.16. The van der Waals surface area contributed by atoms with Crippen LogP contribution in [0.4, 0.5) is 0 Å². The van der Waals surface area contributed by atoms with Gasteiger partial charge in [-0.3, -0.25) is 4.98 Å². The van der Waals surface area contributed by atoms with Crippen LogP contribution in [0.25, 0.3) is 0 Å². The van der Waals surface area contributed by atoms with Gasteiger partial charge in [0.1, 0.15) is 29.8 Å². The largest absolute Gasteiger partial charge is 0.486 e. The number of pyridine rings is 1. The minimum Gasteiger partial charge on any atom is -0.486 e. The van der Waals surface area contributed by atoms with E-state index in [1.165, 1.54) is 0 Å². The lowest BCUT2D eigenvalue weighted by molar-refractivity contribution is 0.0264. The topological polar surface area (TPSA) is 66.9 Å². The minimum atomic E-state index is -0.391. The van der Waals surface area contributed by atoms with E-state index in [4.69, 9.17) is 23.9 Å². The summed E-state index contributed by atoms with van der Waals surface area (Å²) in [4.78, 5) is 18.7. The van der Waals surface area contributed by atoms with Gasteiger partial charge in [-0.15, -0.1) is 0 Å². The van der Waals surface area contributed by atoms with Gasteiger partial charge in [-0.1, -0.05) is 74.0 Å². The fourth-order valence-corrected chi connectivity index (χ4v) is 4.82. The van der Waals surface area contributed by atoms with Gasteiger partial charge in [0.05, 0.1) is 18.9 Å². The molecule has 1 unspecified atom stereocenters. The van der Waals surface area contributed by atoms with Crippen molar-refractivity contribution in [1.82, 2.24) is 4.98 Å². The Kier molecular flexibility index (Phi) is 9.09. The number of aromatic nitrogens is 1. The number of carbonyl (C=O) groups is 1. The van der Waals surface area contributed by atoms with Gasteiger partial charge in [0.15, 0.2) is 5.75 Å². The van der Waals surface area contributed by atoms with E-state index in [0.29, 0.717) is 50.4 Å². The second-order valence-electron chi connectivity index (χ2n) is 9.99. The molecule has 4 aromatic rings. The smallest absolute Gasteiger partial charge is 0.342 e. The van der Waals surface area contributed by atoms with Crippen LogP contribution in [0.3, 0.4) is 0 Å². The van der Waals surface area contributed by atoms with Crippen LogP contribution in [0.15, 0.2) is 84.9 Å². The van der Waals surface area contributed by atoms with Crippen molar-refractivity contribution in [2.24, 2.45) is 0 Å². The standard InChI is InChI=1S/C34H35NO5/c1-3-11-30-33(38-22-25-12-6-4-7-13-25)32(34(36)40-29-18-19-37-23-29)24(2)31(35-30)21-26-14-10-17-28(20-26)39-27-15-8-5-9-16-27/h4-10,12-17,20,29H,3,11,18-19,21-23H2,1-2H3. The molecule has 40 heavy (non-hydrogen) atoms. The fourth-order valence-electron chi connectivity index (χ4n) is 4.82. The van der Waals surface area contributed by atoms with Crippen LogP contribution >= 0.6 is 0 Å². The van der Waals surface area contributed by atoms with Crippen molar-refractivity contribution < 1.29 is 23.7 Å². The van der Waals surface area contributed by atoms with Gasteiger partial charge in [-0.05, 0) is 54.3 Å². The number of hydrogen-bond acceptors (Lipinski definition) is 6. The lowest BCUT2D eigenvalue weighted by Crippen LogP contribution is -2.21. The summed E-state index contributed by atoms with van der Waals surface area (Å²) in [6.45, 7) is 5.38. The molecule has 0 aliphatic carbocycles. The van der Waals surface area contributed by atoms with Gasteiger partial charge in [0.2, 0.25) is 0 Å². The van der Waals surface area contributed by atoms with Crippen LogP contribution in [0.2, 0.25) is 0 Å². The molecule has 6 nitrogen and oxygen atoms in total. The highest BCUT2D eigenvalue weighted by Gasteiger charge is 2.28. The summed E-state index contributed by atoms with van der Waals surface area (Å²) in [6.07, 6.45) is 2.52. The molecule has 1 fully saturated rings. The number of hydrogen-bond donors (Lipinski definition) is 0. The molecule has 0 saturated carbocycles. The summed E-state index contributed by atoms with van der Waals surface area (Å²) in [5.74, 6) is 1.65. The SMILES string of the molecule is CCCc1nc(Cc2cccc(Oc3ccccc3)c2)c(C)c(C(=O)OC2CCOC2)c1OCc1ccccc1. The van der Waals surface area contributed by atoms with Gasteiger partial charge in [0.25, 0.3) is 0 Å². The Labute approximate surface area is 235 Å². The second-order valence-corrected chi connectivity index (χ2v) is 9.99. The predicted molar refractivity (Wildman–Crippen MR) is 154 cm³/mol. The molecule has 2 heterocycles. The molecule has 5 rings (SSSR count). The van der Waals surface area contributed by atoms with E-state index in [0.717, 1.165) is 46.0 Å². The monoisotopic (exact) mass is 537 g/mol. The van der Waals surface area contributed by atoms with Gasteiger partial charge >= 0.3 is 5.97 Å². The van der Waals surface area contributed by atoms with Crippen LogP contribution in [0, 0.1) is 6.92 Å². The molecule has 6 heteroatoms. The molecule has 0 bridgehead atoms. The van der Waals surface area contributed by atoms with Crippen LogP contribution in [-0.4, -0.2) is 30.3 Å². The second kappa shape index (κ2) is 13.3. The van der Waals surface area contributed by atoms with Gasteiger partial charge < -0.3 is 18.9 Å². The Morgan fingerprint density at radius 1 is 0.925 bits per heavy atom. The number of rotatable bonds is 11. The minimum absolute atomic E-state index is 0.257. The lowest BCUT2D eigenvalue weighted by Gasteiger charge is -2.21. The van der Waals surface area contributed by atoms with Crippen LogP contribution in [-0.2, 0) is 28.9 Å². The first-order chi connectivity index (χ1) is 19.6. The number of nitrogens with zero attached hydrogens (tertiary/aromatic N) is 1. The number of ether oxygens (including phenoxy) is 4. The lowest BCUT2D eigenvalue weighted by atomic mass is 9.98. The van der Waals surface area contributed by atoms with E-state index in [1.807, 2.05) is 91.9 Å². The zero-order valence-electron chi connectivity index (χ0n) is 23.1. The van der Waals surface area contributed by atoms with Crippen LogP contribution in [0.1, 0.15) is 58.2 Å². The van der Waals surface area contributed by atoms with Crippen molar-refractivity contribution in [2.75, 3.05) is 13.2 Å². The van der Waals surface area contributed by atoms with Gasteiger partial charge in [0, 0.05) is 18.5 Å². The van der Waals surface area contributed by atoms with E-state index < -0.39 is 5.97 Å².